The molecule has 2 aromatic carbocycles. The number of benzene rings is 2. The van der Waals surface area contributed by atoms with E-state index in [4.69, 9.17) is 9.47 Å². The molecule has 0 atom stereocenters. The van der Waals surface area contributed by atoms with Gasteiger partial charge in [0.15, 0.2) is 0 Å². The number of hydrogen-bond acceptors (Lipinski definition) is 4. The molecular formula is C14H13NO4. The fourth-order valence-corrected chi connectivity index (χ4v) is 1.57. The Morgan fingerprint density at radius 1 is 1.05 bits per heavy atom. The number of non-ortho nitro benzene ring substituents is 1. The van der Waals surface area contributed by atoms with Crippen molar-refractivity contribution in [3.63, 3.8) is 0 Å². The maximum atomic E-state index is 10.5. The molecule has 0 spiro atoms. The molecule has 5 nitrogen and oxygen atoms in total. The van der Waals surface area contributed by atoms with Crippen molar-refractivity contribution < 1.29 is 14.4 Å². The van der Waals surface area contributed by atoms with Gasteiger partial charge in [-0.3, -0.25) is 10.1 Å². The minimum absolute atomic E-state index is 0.0374. The Morgan fingerprint density at radius 2 is 1.74 bits per heavy atom. The first-order valence-electron chi connectivity index (χ1n) is 5.84. The largest absolute Gasteiger partial charge is 0.494 e. The van der Waals surface area contributed by atoms with Crippen LogP contribution in [0.5, 0.6) is 17.2 Å². The van der Waals surface area contributed by atoms with Crippen LogP contribution in [0.25, 0.3) is 0 Å². The van der Waals surface area contributed by atoms with Gasteiger partial charge in [-0.2, -0.15) is 0 Å². The monoisotopic (exact) mass is 259 g/mol. The fraction of sp³-hybridized carbons (Fsp3) is 0.143. The standard InChI is InChI=1S/C14H13NO4/c1-2-18-13-4-3-5-14(10-13)19-12-8-6-11(7-9-12)15(16)17/h3-10H,2H2,1H3. The molecule has 0 radical (unpaired) electrons. The number of hydrogen-bond donors (Lipinski definition) is 0. The van der Waals surface area contributed by atoms with Crippen LogP contribution in [0.15, 0.2) is 48.5 Å². The van der Waals surface area contributed by atoms with Crippen molar-refractivity contribution in [2.24, 2.45) is 0 Å². The second-order valence-corrected chi connectivity index (χ2v) is 3.76. The molecule has 0 aliphatic rings. The molecule has 19 heavy (non-hydrogen) atoms. The molecule has 0 saturated carbocycles. The van der Waals surface area contributed by atoms with Gasteiger partial charge < -0.3 is 9.47 Å². The van der Waals surface area contributed by atoms with E-state index < -0.39 is 4.92 Å². The van der Waals surface area contributed by atoms with Gasteiger partial charge in [-0.05, 0) is 31.2 Å². The van der Waals surface area contributed by atoms with Gasteiger partial charge in [-0.15, -0.1) is 0 Å². The molecule has 0 fully saturated rings. The number of rotatable bonds is 5. The quantitative estimate of drug-likeness (QED) is 0.605. The van der Waals surface area contributed by atoms with Gasteiger partial charge in [-0.25, -0.2) is 0 Å². The summed E-state index contributed by atoms with van der Waals surface area (Å²) in [6.45, 7) is 2.49. The van der Waals surface area contributed by atoms with Crippen molar-refractivity contribution in [2.45, 2.75) is 6.92 Å². The Hall–Kier alpha value is -2.56. The van der Waals surface area contributed by atoms with Gasteiger partial charge in [0.2, 0.25) is 0 Å². The second kappa shape index (κ2) is 5.86. The van der Waals surface area contributed by atoms with Gasteiger partial charge in [-0.1, -0.05) is 6.07 Å². The summed E-state index contributed by atoms with van der Waals surface area (Å²) in [5, 5.41) is 10.5. The smallest absolute Gasteiger partial charge is 0.269 e. The van der Waals surface area contributed by atoms with Crippen LogP contribution < -0.4 is 9.47 Å². The molecule has 2 aromatic rings. The van der Waals surface area contributed by atoms with Crippen molar-refractivity contribution in [1.82, 2.24) is 0 Å². The minimum Gasteiger partial charge on any atom is -0.494 e. The number of nitro benzene ring substituents is 1. The van der Waals surface area contributed by atoms with Crippen LogP contribution in [-0.4, -0.2) is 11.5 Å². The summed E-state index contributed by atoms with van der Waals surface area (Å²) in [6.07, 6.45) is 0. The van der Waals surface area contributed by atoms with Crippen LogP contribution in [0.3, 0.4) is 0 Å². The zero-order valence-corrected chi connectivity index (χ0v) is 10.4. The summed E-state index contributed by atoms with van der Waals surface area (Å²) < 4.78 is 11.0. The Balaban J connectivity index is 2.12. The first-order chi connectivity index (χ1) is 9.19. The summed E-state index contributed by atoms with van der Waals surface area (Å²) in [7, 11) is 0. The number of ether oxygens (including phenoxy) is 2. The average Bonchev–Trinajstić information content (AvgIpc) is 2.40. The van der Waals surface area contributed by atoms with Crippen molar-refractivity contribution in [2.75, 3.05) is 6.61 Å². The zero-order valence-electron chi connectivity index (χ0n) is 10.4. The number of nitrogens with zero attached hydrogens (tertiary/aromatic N) is 1. The van der Waals surface area contributed by atoms with Gasteiger partial charge >= 0.3 is 0 Å². The molecule has 0 unspecified atom stereocenters. The molecule has 0 saturated heterocycles. The molecule has 0 aliphatic heterocycles. The number of nitro groups is 1. The third kappa shape index (κ3) is 3.45. The van der Waals surface area contributed by atoms with Crippen molar-refractivity contribution in [3.8, 4) is 17.2 Å². The lowest BCUT2D eigenvalue weighted by atomic mass is 10.3. The molecule has 0 aliphatic carbocycles. The Morgan fingerprint density at radius 3 is 2.37 bits per heavy atom. The molecule has 0 aromatic heterocycles. The molecule has 0 N–H and O–H groups in total. The van der Waals surface area contributed by atoms with E-state index in [1.807, 2.05) is 19.1 Å². The summed E-state index contributed by atoms with van der Waals surface area (Å²) in [5.41, 5.74) is 0.0374. The Kier molecular flexibility index (Phi) is 3.97. The Labute approximate surface area is 110 Å². The normalized spacial score (nSPS) is 9.95. The summed E-state index contributed by atoms with van der Waals surface area (Å²) in [5.74, 6) is 1.89. The van der Waals surface area contributed by atoms with Crippen LogP contribution in [0.1, 0.15) is 6.92 Å². The van der Waals surface area contributed by atoms with Gasteiger partial charge in [0.25, 0.3) is 5.69 Å². The van der Waals surface area contributed by atoms with Crippen LogP contribution >= 0.6 is 0 Å². The summed E-state index contributed by atoms with van der Waals surface area (Å²) >= 11 is 0. The molecule has 0 heterocycles. The van der Waals surface area contributed by atoms with Crippen LogP contribution in [0, 0.1) is 10.1 Å². The third-order valence-electron chi connectivity index (χ3n) is 2.40. The lowest BCUT2D eigenvalue weighted by Crippen LogP contribution is -1.92. The van der Waals surface area contributed by atoms with E-state index in [9.17, 15) is 10.1 Å². The van der Waals surface area contributed by atoms with Gasteiger partial charge in [0.1, 0.15) is 17.2 Å². The molecule has 0 bridgehead atoms. The van der Waals surface area contributed by atoms with E-state index in [-0.39, 0.29) is 5.69 Å². The van der Waals surface area contributed by atoms with Crippen molar-refractivity contribution >= 4 is 5.69 Å². The fourth-order valence-electron chi connectivity index (χ4n) is 1.57. The average molecular weight is 259 g/mol. The lowest BCUT2D eigenvalue weighted by molar-refractivity contribution is -0.384. The topological polar surface area (TPSA) is 61.6 Å². The van der Waals surface area contributed by atoms with E-state index in [1.54, 1.807) is 24.3 Å². The van der Waals surface area contributed by atoms with E-state index in [0.717, 1.165) is 5.75 Å². The van der Waals surface area contributed by atoms with Gasteiger partial charge in [0, 0.05) is 18.2 Å². The maximum Gasteiger partial charge on any atom is 0.269 e. The predicted molar refractivity (Wildman–Crippen MR) is 70.8 cm³/mol. The third-order valence-corrected chi connectivity index (χ3v) is 2.40. The van der Waals surface area contributed by atoms with E-state index in [0.29, 0.717) is 18.1 Å². The van der Waals surface area contributed by atoms with E-state index in [1.165, 1.54) is 12.1 Å². The SMILES string of the molecule is CCOc1cccc(Oc2ccc([N+](=O)[O-])cc2)c1. The maximum absolute atomic E-state index is 10.5. The minimum atomic E-state index is -0.445. The highest BCUT2D eigenvalue weighted by Gasteiger charge is 2.05. The summed E-state index contributed by atoms with van der Waals surface area (Å²) in [4.78, 5) is 10.1. The molecular weight excluding hydrogens is 246 g/mol. The predicted octanol–water partition coefficient (Wildman–Crippen LogP) is 3.79. The van der Waals surface area contributed by atoms with Crippen molar-refractivity contribution in [3.05, 3.63) is 58.6 Å². The van der Waals surface area contributed by atoms with Crippen molar-refractivity contribution in [1.29, 1.82) is 0 Å². The first-order valence-corrected chi connectivity index (χ1v) is 5.84. The van der Waals surface area contributed by atoms with Crippen LogP contribution in [0.4, 0.5) is 5.69 Å². The molecule has 0 amide bonds. The first kappa shape index (κ1) is 12.9. The van der Waals surface area contributed by atoms with Crippen LogP contribution in [-0.2, 0) is 0 Å². The molecule has 5 heteroatoms. The highest BCUT2D eigenvalue weighted by atomic mass is 16.6. The highest BCUT2D eigenvalue weighted by molar-refractivity contribution is 5.40. The van der Waals surface area contributed by atoms with Gasteiger partial charge in [0.05, 0.1) is 11.5 Å². The van der Waals surface area contributed by atoms with E-state index >= 15 is 0 Å². The molecule has 98 valence electrons. The van der Waals surface area contributed by atoms with E-state index in [2.05, 4.69) is 0 Å². The Bertz CT molecular complexity index is 566. The second-order valence-electron chi connectivity index (χ2n) is 3.76. The summed E-state index contributed by atoms with van der Waals surface area (Å²) in [6, 6.07) is 13.2. The lowest BCUT2D eigenvalue weighted by Gasteiger charge is -2.07. The highest BCUT2D eigenvalue weighted by Crippen LogP contribution is 2.26. The zero-order chi connectivity index (χ0) is 13.7. The molecule has 2 rings (SSSR count). The van der Waals surface area contributed by atoms with Crippen LogP contribution in [0.2, 0.25) is 0 Å².